The summed E-state index contributed by atoms with van der Waals surface area (Å²) in [4.78, 5) is 13.8. The zero-order valence-electron chi connectivity index (χ0n) is 14.7. The molecule has 0 bridgehead atoms. The van der Waals surface area contributed by atoms with Crippen molar-refractivity contribution in [1.29, 1.82) is 0 Å². The smallest absolute Gasteiger partial charge is 0.176 e. The van der Waals surface area contributed by atoms with Gasteiger partial charge in [-0.15, -0.1) is 0 Å². The molecule has 3 rings (SSSR count). The monoisotopic (exact) mass is 362 g/mol. The molecule has 1 N–H and O–H groups in total. The SMILES string of the molecule is COc1cc(-c2cnc(N3CCN(C(C)C)CC3)cn2)cc(Cl)c1O. The largest absolute Gasteiger partial charge is 0.503 e. The van der Waals surface area contributed by atoms with Gasteiger partial charge in [-0.2, -0.15) is 0 Å². The highest BCUT2D eigenvalue weighted by molar-refractivity contribution is 6.32. The van der Waals surface area contributed by atoms with E-state index < -0.39 is 0 Å². The second-order valence-corrected chi connectivity index (χ2v) is 6.79. The number of hydrogen-bond donors (Lipinski definition) is 1. The number of rotatable bonds is 4. The number of aromatic hydroxyl groups is 1. The van der Waals surface area contributed by atoms with E-state index in [0.29, 0.717) is 17.5 Å². The highest BCUT2D eigenvalue weighted by atomic mass is 35.5. The molecule has 0 aliphatic carbocycles. The van der Waals surface area contributed by atoms with Crippen LogP contribution < -0.4 is 9.64 Å². The fourth-order valence-electron chi connectivity index (χ4n) is 2.98. The molecular weight excluding hydrogens is 340 g/mol. The Morgan fingerprint density at radius 2 is 1.84 bits per heavy atom. The van der Waals surface area contributed by atoms with Crippen molar-refractivity contribution in [2.45, 2.75) is 19.9 Å². The first-order valence-electron chi connectivity index (χ1n) is 8.37. The lowest BCUT2D eigenvalue weighted by molar-refractivity contribution is 0.209. The Morgan fingerprint density at radius 3 is 2.40 bits per heavy atom. The van der Waals surface area contributed by atoms with Crippen LogP contribution in [0.15, 0.2) is 24.5 Å². The van der Waals surface area contributed by atoms with Crippen LogP contribution in [0.3, 0.4) is 0 Å². The molecular formula is C18H23ClN4O2. The number of anilines is 1. The van der Waals surface area contributed by atoms with Crippen LogP contribution in [0.2, 0.25) is 5.02 Å². The minimum atomic E-state index is -0.0690. The molecule has 0 atom stereocenters. The van der Waals surface area contributed by atoms with Crippen LogP contribution in [0.25, 0.3) is 11.3 Å². The van der Waals surface area contributed by atoms with Crippen LogP contribution in [0.5, 0.6) is 11.5 Å². The summed E-state index contributed by atoms with van der Waals surface area (Å²) in [6, 6.07) is 3.93. The Kier molecular flexibility index (Phi) is 5.30. The van der Waals surface area contributed by atoms with Crippen LogP contribution in [-0.2, 0) is 0 Å². The maximum Gasteiger partial charge on any atom is 0.176 e. The minimum absolute atomic E-state index is 0.0690. The van der Waals surface area contributed by atoms with E-state index in [-0.39, 0.29) is 10.8 Å². The number of ether oxygens (including phenoxy) is 1. The molecule has 25 heavy (non-hydrogen) atoms. The fourth-order valence-corrected chi connectivity index (χ4v) is 3.19. The third-order valence-electron chi connectivity index (χ3n) is 4.55. The van der Waals surface area contributed by atoms with E-state index in [4.69, 9.17) is 16.3 Å². The summed E-state index contributed by atoms with van der Waals surface area (Å²) in [5, 5.41) is 10.1. The van der Waals surface area contributed by atoms with Crippen molar-refractivity contribution in [3.63, 3.8) is 0 Å². The summed E-state index contributed by atoms with van der Waals surface area (Å²) in [5.41, 5.74) is 1.44. The average molecular weight is 363 g/mol. The molecule has 1 fully saturated rings. The highest BCUT2D eigenvalue weighted by Crippen LogP contribution is 2.37. The molecule has 0 unspecified atom stereocenters. The van der Waals surface area contributed by atoms with Gasteiger partial charge in [0.1, 0.15) is 5.82 Å². The van der Waals surface area contributed by atoms with E-state index in [1.165, 1.54) is 7.11 Å². The summed E-state index contributed by atoms with van der Waals surface area (Å²) < 4.78 is 5.14. The van der Waals surface area contributed by atoms with Gasteiger partial charge in [0.2, 0.25) is 0 Å². The summed E-state index contributed by atoms with van der Waals surface area (Å²) in [6.07, 6.45) is 3.51. The van der Waals surface area contributed by atoms with Crippen molar-refractivity contribution >= 4 is 17.4 Å². The van der Waals surface area contributed by atoms with E-state index in [1.54, 1.807) is 24.5 Å². The van der Waals surface area contributed by atoms with E-state index in [9.17, 15) is 5.11 Å². The normalized spacial score (nSPS) is 15.6. The minimum Gasteiger partial charge on any atom is -0.503 e. The van der Waals surface area contributed by atoms with Crippen LogP contribution in [0.1, 0.15) is 13.8 Å². The second-order valence-electron chi connectivity index (χ2n) is 6.39. The van der Waals surface area contributed by atoms with Crippen LogP contribution in [-0.4, -0.2) is 59.3 Å². The number of hydrogen-bond acceptors (Lipinski definition) is 6. The summed E-state index contributed by atoms with van der Waals surface area (Å²) in [6.45, 7) is 8.41. The van der Waals surface area contributed by atoms with E-state index in [1.807, 2.05) is 0 Å². The van der Waals surface area contributed by atoms with Crippen molar-refractivity contribution in [2.24, 2.45) is 0 Å². The zero-order valence-corrected chi connectivity index (χ0v) is 15.5. The predicted molar refractivity (Wildman–Crippen MR) is 99.6 cm³/mol. The number of piperazine rings is 1. The Hall–Kier alpha value is -2.05. The van der Waals surface area contributed by atoms with Crippen molar-refractivity contribution < 1.29 is 9.84 Å². The third kappa shape index (κ3) is 3.80. The van der Waals surface area contributed by atoms with Gasteiger partial charge in [0.05, 0.1) is 30.2 Å². The maximum absolute atomic E-state index is 9.84. The summed E-state index contributed by atoms with van der Waals surface area (Å²) in [5.74, 6) is 1.13. The summed E-state index contributed by atoms with van der Waals surface area (Å²) >= 11 is 6.05. The molecule has 0 saturated carbocycles. The molecule has 1 aliphatic heterocycles. The van der Waals surface area contributed by atoms with Gasteiger partial charge >= 0.3 is 0 Å². The number of phenols is 1. The Labute approximate surface area is 153 Å². The van der Waals surface area contributed by atoms with Crippen molar-refractivity contribution in [3.8, 4) is 22.8 Å². The van der Waals surface area contributed by atoms with Gasteiger partial charge in [0.25, 0.3) is 0 Å². The number of phenolic OH excluding ortho intramolecular Hbond substituents is 1. The number of benzene rings is 1. The first-order valence-corrected chi connectivity index (χ1v) is 8.75. The van der Waals surface area contributed by atoms with Gasteiger partial charge in [-0.25, -0.2) is 4.98 Å². The molecule has 1 aromatic carbocycles. The van der Waals surface area contributed by atoms with Crippen molar-refractivity contribution in [3.05, 3.63) is 29.5 Å². The molecule has 1 aliphatic rings. The Morgan fingerprint density at radius 1 is 1.12 bits per heavy atom. The number of halogens is 1. The molecule has 1 aromatic heterocycles. The Bertz CT molecular complexity index is 729. The van der Waals surface area contributed by atoms with Gasteiger partial charge in [-0.1, -0.05) is 11.6 Å². The lowest BCUT2D eigenvalue weighted by atomic mass is 10.1. The fraction of sp³-hybridized carbons (Fsp3) is 0.444. The van der Waals surface area contributed by atoms with E-state index in [2.05, 4.69) is 33.6 Å². The lowest BCUT2D eigenvalue weighted by Crippen LogP contribution is -2.49. The molecule has 0 spiro atoms. The molecule has 0 amide bonds. The van der Waals surface area contributed by atoms with Crippen LogP contribution >= 0.6 is 11.6 Å². The molecule has 134 valence electrons. The Balaban J connectivity index is 1.76. The van der Waals surface area contributed by atoms with E-state index in [0.717, 1.165) is 37.6 Å². The van der Waals surface area contributed by atoms with Gasteiger partial charge in [0.15, 0.2) is 11.5 Å². The highest BCUT2D eigenvalue weighted by Gasteiger charge is 2.20. The maximum atomic E-state index is 9.84. The molecule has 2 aromatic rings. The summed E-state index contributed by atoms with van der Waals surface area (Å²) in [7, 11) is 1.49. The molecule has 7 heteroatoms. The second kappa shape index (κ2) is 7.45. The van der Waals surface area contributed by atoms with Gasteiger partial charge in [0, 0.05) is 37.8 Å². The molecule has 6 nitrogen and oxygen atoms in total. The quantitative estimate of drug-likeness (QED) is 0.902. The average Bonchev–Trinajstić information content (AvgIpc) is 2.64. The standard InChI is InChI=1S/C18H23ClN4O2/c1-12(2)22-4-6-23(7-5-22)17-11-20-15(10-21-17)13-8-14(19)18(24)16(9-13)25-3/h8-12,24H,4-7H2,1-3H3. The number of methoxy groups -OCH3 is 1. The first-order chi connectivity index (χ1) is 12.0. The molecule has 1 saturated heterocycles. The van der Waals surface area contributed by atoms with Gasteiger partial charge in [-0.05, 0) is 26.0 Å². The van der Waals surface area contributed by atoms with Crippen LogP contribution in [0.4, 0.5) is 5.82 Å². The topological polar surface area (TPSA) is 61.7 Å². The first kappa shape index (κ1) is 17.8. The molecule has 0 radical (unpaired) electrons. The number of aromatic nitrogens is 2. The van der Waals surface area contributed by atoms with E-state index >= 15 is 0 Å². The number of nitrogens with zero attached hydrogens (tertiary/aromatic N) is 4. The van der Waals surface area contributed by atoms with Gasteiger partial charge in [-0.3, -0.25) is 9.88 Å². The lowest BCUT2D eigenvalue weighted by Gasteiger charge is -2.37. The van der Waals surface area contributed by atoms with Crippen molar-refractivity contribution in [2.75, 3.05) is 38.2 Å². The van der Waals surface area contributed by atoms with Gasteiger partial charge < -0.3 is 14.7 Å². The molecule has 2 heterocycles. The zero-order chi connectivity index (χ0) is 18.0. The third-order valence-corrected chi connectivity index (χ3v) is 4.84. The predicted octanol–water partition coefficient (Wildman–Crippen LogP) is 3.04. The van der Waals surface area contributed by atoms with Crippen molar-refractivity contribution in [1.82, 2.24) is 14.9 Å². The van der Waals surface area contributed by atoms with Crippen LogP contribution in [0, 0.1) is 0 Å².